The van der Waals surface area contributed by atoms with Gasteiger partial charge in [-0.1, -0.05) is 6.07 Å². The van der Waals surface area contributed by atoms with Crippen LogP contribution in [-0.4, -0.2) is 42.3 Å². The lowest BCUT2D eigenvalue weighted by atomic mass is 10.2. The highest BCUT2D eigenvalue weighted by Gasteiger charge is 2.15. The molecule has 0 saturated heterocycles. The molecule has 1 amide bonds. The molecule has 0 aliphatic heterocycles. The Morgan fingerprint density at radius 2 is 2.00 bits per heavy atom. The summed E-state index contributed by atoms with van der Waals surface area (Å²) < 4.78 is 45.2. The Morgan fingerprint density at radius 3 is 2.75 bits per heavy atom. The lowest BCUT2D eigenvalue weighted by Gasteiger charge is -2.10. The number of guanidine groups is 1. The highest BCUT2D eigenvalue weighted by molar-refractivity contribution is 6.11. The number of para-hydroxylation sites is 1. The fourth-order valence-electron chi connectivity index (χ4n) is 2.39. The van der Waals surface area contributed by atoms with Gasteiger partial charge in [-0.15, -0.1) is 0 Å². The molecule has 7 nitrogen and oxygen atoms in total. The number of hydrogen-bond donors (Lipinski definition) is 3. The number of aromatic nitrogens is 2. The number of fused-ring (bicyclic) bond motifs is 1. The van der Waals surface area contributed by atoms with Gasteiger partial charge in [0, 0.05) is 18.1 Å². The zero-order valence-electron chi connectivity index (χ0n) is 14.7. The van der Waals surface area contributed by atoms with Gasteiger partial charge in [0.25, 0.3) is 5.91 Å². The Morgan fingerprint density at radius 1 is 1.18 bits per heavy atom. The van der Waals surface area contributed by atoms with Crippen molar-refractivity contribution in [3.8, 4) is 0 Å². The number of methoxy groups -OCH3 is 1. The van der Waals surface area contributed by atoms with Crippen molar-refractivity contribution in [3.63, 3.8) is 0 Å². The van der Waals surface area contributed by atoms with Crippen LogP contribution in [0.3, 0.4) is 0 Å². The normalized spacial score (nSPS) is 11.6. The summed E-state index contributed by atoms with van der Waals surface area (Å²) in [6, 6.07) is 7.19. The molecule has 0 unspecified atom stereocenters. The van der Waals surface area contributed by atoms with Crippen LogP contribution in [-0.2, 0) is 4.74 Å². The lowest BCUT2D eigenvalue weighted by Crippen LogP contribution is -2.36. The molecule has 0 aliphatic rings. The Balaban J connectivity index is 1.84. The van der Waals surface area contributed by atoms with Crippen LogP contribution in [0.1, 0.15) is 10.4 Å². The van der Waals surface area contributed by atoms with Gasteiger partial charge < -0.3 is 10.1 Å². The molecule has 146 valence electrons. The third-order valence-electron chi connectivity index (χ3n) is 3.76. The third-order valence-corrected chi connectivity index (χ3v) is 3.76. The van der Waals surface area contributed by atoms with E-state index in [-0.39, 0.29) is 36.0 Å². The first-order chi connectivity index (χ1) is 13.5. The maximum Gasteiger partial charge on any atom is 0.258 e. The second-order valence-corrected chi connectivity index (χ2v) is 5.67. The fourth-order valence-corrected chi connectivity index (χ4v) is 2.39. The summed E-state index contributed by atoms with van der Waals surface area (Å²) in [5, 5.41) is 12.2. The number of rotatable bonds is 5. The molecule has 2 aromatic carbocycles. The number of carbonyl (C=O) groups excluding carboxylic acids is 1. The van der Waals surface area contributed by atoms with Gasteiger partial charge in [-0.05, 0) is 30.3 Å². The van der Waals surface area contributed by atoms with E-state index < -0.39 is 23.4 Å². The molecule has 0 bridgehead atoms. The van der Waals surface area contributed by atoms with E-state index >= 15 is 0 Å². The lowest BCUT2D eigenvalue weighted by molar-refractivity contribution is 0.0976. The molecule has 0 aliphatic carbocycles. The summed E-state index contributed by atoms with van der Waals surface area (Å²) in [4.78, 5) is 16.5. The van der Waals surface area contributed by atoms with E-state index in [4.69, 9.17) is 4.74 Å². The number of halogens is 3. The van der Waals surface area contributed by atoms with Crippen LogP contribution in [0.4, 0.5) is 19.0 Å². The van der Waals surface area contributed by atoms with E-state index in [2.05, 4.69) is 25.8 Å². The average molecular weight is 391 g/mol. The molecular weight excluding hydrogens is 375 g/mol. The van der Waals surface area contributed by atoms with E-state index in [1.807, 2.05) is 0 Å². The maximum absolute atomic E-state index is 13.8. The summed E-state index contributed by atoms with van der Waals surface area (Å²) in [6.45, 7) is 0.482. The number of benzene rings is 2. The van der Waals surface area contributed by atoms with Crippen molar-refractivity contribution in [2.75, 3.05) is 25.6 Å². The van der Waals surface area contributed by atoms with E-state index in [0.717, 1.165) is 18.2 Å². The van der Waals surface area contributed by atoms with E-state index in [0.29, 0.717) is 5.39 Å². The van der Waals surface area contributed by atoms with Gasteiger partial charge in [0.1, 0.15) is 11.3 Å². The molecule has 1 aromatic heterocycles. The molecule has 0 spiro atoms. The van der Waals surface area contributed by atoms with E-state index in [9.17, 15) is 18.0 Å². The van der Waals surface area contributed by atoms with Crippen LogP contribution < -0.4 is 10.6 Å². The number of anilines is 1. The quantitative estimate of drug-likeness (QED) is 0.354. The van der Waals surface area contributed by atoms with Crippen molar-refractivity contribution in [2.24, 2.45) is 4.99 Å². The highest BCUT2D eigenvalue weighted by Crippen LogP contribution is 2.22. The van der Waals surface area contributed by atoms with Gasteiger partial charge in [0.05, 0.1) is 13.2 Å². The highest BCUT2D eigenvalue weighted by atomic mass is 19.2. The SMILES string of the molecule is COCCN=C(NC(=O)c1ccc(F)c(F)c1)Nc1n[nH]c2c(F)cccc12. The van der Waals surface area contributed by atoms with Crippen molar-refractivity contribution in [1.29, 1.82) is 0 Å². The predicted octanol–water partition coefficient (Wildman–Crippen LogP) is 2.82. The number of hydrogen-bond acceptors (Lipinski definition) is 4. The number of aliphatic imine (C=N–C) groups is 1. The number of nitrogens with zero attached hydrogens (tertiary/aromatic N) is 2. The topological polar surface area (TPSA) is 91.4 Å². The van der Waals surface area contributed by atoms with Crippen LogP contribution in [0.15, 0.2) is 41.4 Å². The Kier molecular flexibility index (Phi) is 5.90. The van der Waals surface area contributed by atoms with Gasteiger partial charge >= 0.3 is 0 Å². The predicted molar refractivity (Wildman–Crippen MR) is 97.7 cm³/mol. The van der Waals surface area contributed by atoms with Gasteiger partial charge in [-0.3, -0.25) is 20.2 Å². The van der Waals surface area contributed by atoms with Crippen molar-refractivity contribution < 1.29 is 22.7 Å². The molecule has 0 fully saturated rings. The van der Waals surface area contributed by atoms with Crippen LogP contribution in [0.5, 0.6) is 0 Å². The first-order valence-corrected chi connectivity index (χ1v) is 8.19. The Bertz CT molecular complexity index is 1040. The number of aromatic amines is 1. The number of nitrogens with one attached hydrogen (secondary N) is 3. The molecule has 3 aromatic rings. The van der Waals surface area contributed by atoms with Gasteiger partial charge in [0.15, 0.2) is 17.5 Å². The summed E-state index contributed by atoms with van der Waals surface area (Å²) in [5.74, 6) is -3.18. The van der Waals surface area contributed by atoms with E-state index in [1.54, 1.807) is 6.07 Å². The number of carbonyl (C=O) groups is 1. The monoisotopic (exact) mass is 391 g/mol. The molecule has 0 radical (unpaired) electrons. The minimum atomic E-state index is -1.15. The molecule has 3 N–H and O–H groups in total. The largest absolute Gasteiger partial charge is 0.383 e. The van der Waals surface area contributed by atoms with Crippen LogP contribution >= 0.6 is 0 Å². The standard InChI is InChI=1S/C18H16F3N5O2/c1-28-8-7-22-18(24-17(27)10-5-6-12(19)14(21)9-10)23-16-11-3-2-4-13(20)15(11)25-26-16/h2-6,9H,7-8H2,1H3,(H3,22,23,24,25,26,27). The third kappa shape index (κ3) is 4.29. The van der Waals surface area contributed by atoms with Crippen molar-refractivity contribution in [2.45, 2.75) is 0 Å². The number of H-pyrrole nitrogens is 1. The van der Waals surface area contributed by atoms with Crippen molar-refractivity contribution >= 4 is 28.6 Å². The maximum atomic E-state index is 13.8. The van der Waals surface area contributed by atoms with Gasteiger partial charge in [-0.25, -0.2) is 13.2 Å². The second-order valence-electron chi connectivity index (χ2n) is 5.67. The zero-order valence-corrected chi connectivity index (χ0v) is 14.7. The Labute approximate surface area is 157 Å². The molecule has 0 saturated carbocycles. The molecule has 28 heavy (non-hydrogen) atoms. The van der Waals surface area contributed by atoms with Crippen LogP contribution in [0.25, 0.3) is 10.9 Å². The summed E-state index contributed by atoms with van der Waals surface area (Å²) >= 11 is 0. The minimum Gasteiger partial charge on any atom is -0.383 e. The minimum absolute atomic E-state index is 0.00977. The first-order valence-electron chi connectivity index (χ1n) is 8.19. The summed E-state index contributed by atoms with van der Waals surface area (Å²) in [6.07, 6.45) is 0. The summed E-state index contributed by atoms with van der Waals surface area (Å²) in [7, 11) is 1.49. The van der Waals surface area contributed by atoms with Gasteiger partial charge in [0.2, 0.25) is 5.96 Å². The number of amides is 1. The summed E-state index contributed by atoms with van der Waals surface area (Å²) in [5.41, 5.74) is 0.0891. The average Bonchev–Trinajstić information content (AvgIpc) is 3.08. The van der Waals surface area contributed by atoms with Gasteiger partial charge in [-0.2, -0.15) is 5.10 Å². The second kappa shape index (κ2) is 8.53. The molecule has 3 rings (SSSR count). The zero-order chi connectivity index (χ0) is 20.1. The van der Waals surface area contributed by atoms with Crippen molar-refractivity contribution in [3.05, 3.63) is 59.4 Å². The number of ether oxygens (including phenoxy) is 1. The van der Waals surface area contributed by atoms with E-state index in [1.165, 1.54) is 19.2 Å². The van der Waals surface area contributed by atoms with Crippen LogP contribution in [0.2, 0.25) is 0 Å². The fraction of sp³-hybridized carbons (Fsp3) is 0.167. The van der Waals surface area contributed by atoms with Crippen molar-refractivity contribution in [1.82, 2.24) is 15.5 Å². The first kappa shape index (κ1) is 19.4. The Hall–Kier alpha value is -3.40. The molecular formula is C18H16F3N5O2. The molecule has 1 heterocycles. The van der Waals surface area contributed by atoms with Crippen LogP contribution in [0, 0.1) is 17.5 Å². The molecule has 0 atom stereocenters. The molecule has 10 heteroatoms. The smallest absolute Gasteiger partial charge is 0.258 e.